The first-order valence-corrected chi connectivity index (χ1v) is 3.15. The van der Waals surface area contributed by atoms with Crippen molar-refractivity contribution in [1.29, 1.82) is 0 Å². The van der Waals surface area contributed by atoms with E-state index >= 15 is 0 Å². The van der Waals surface area contributed by atoms with Gasteiger partial charge in [-0.15, -0.1) is 0 Å². The third-order valence-electron chi connectivity index (χ3n) is 1.29. The molecule has 1 nitrogen and oxygen atoms in total. The lowest BCUT2D eigenvalue weighted by atomic mass is 10.1. The van der Waals surface area contributed by atoms with E-state index in [1.807, 2.05) is 0 Å². The summed E-state index contributed by atoms with van der Waals surface area (Å²) in [7, 11) is 2.76. The fourth-order valence-corrected chi connectivity index (χ4v) is 1.01. The molecule has 1 unspecified atom stereocenters. The highest BCUT2D eigenvalue weighted by Crippen LogP contribution is 2.27. The van der Waals surface area contributed by atoms with Gasteiger partial charge in [0.05, 0.1) is 0 Å². The smallest absolute Gasteiger partial charge is 0.295 e. The Hall–Kier alpha value is -0.510. The van der Waals surface area contributed by atoms with Crippen LogP contribution in [0.25, 0.3) is 0 Å². The van der Waals surface area contributed by atoms with Crippen molar-refractivity contribution in [2.75, 3.05) is 14.1 Å². The third kappa shape index (κ3) is 2.93. The van der Waals surface area contributed by atoms with E-state index < -0.39 is 12.2 Å². The van der Waals surface area contributed by atoms with Crippen molar-refractivity contribution in [2.45, 2.75) is 19.1 Å². The molecule has 0 N–H and O–H groups in total. The maximum atomic E-state index is 12.1. The Labute approximate surface area is 64.5 Å². The van der Waals surface area contributed by atoms with Gasteiger partial charge < -0.3 is 0 Å². The number of likely N-dealkylation sites (N-methyl/N-ethyl adjacent to an activating group) is 1. The van der Waals surface area contributed by atoms with Gasteiger partial charge >= 0.3 is 6.18 Å². The van der Waals surface area contributed by atoms with Crippen molar-refractivity contribution >= 4 is 0 Å². The zero-order valence-corrected chi connectivity index (χ0v) is 6.87. The van der Waals surface area contributed by atoms with Crippen LogP contribution in [0.15, 0.2) is 12.2 Å². The molecule has 0 aromatic carbocycles. The molecule has 0 saturated heterocycles. The van der Waals surface area contributed by atoms with Crippen LogP contribution in [0.3, 0.4) is 0 Å². The van der Waals surface area contributed by atoms with E-state index in [-0.39, 0.29) is 5.57 Å². The molecule has 0 aliphatic carbocycles. The zero-order valence-electron chi connectivity index (χ0n) is 6.87. The number of rotatable bonds is 2. The number of hydrogen-bond donors (Lipinski definition) is 0. The highest BCUT2D eigenvalue weighted by molar-refractivity contribution is 5.05. The molecular weight excluding hydrogens is 155 g/mol. The summed E-state index contributed by atoms with van der Waals surface area (Å²) in [6.07, 6.45) is -4.21. The highest BCUT2D eigenvalue weighted by Gasteiger charge is 2.41. The summed E-state index contributed by atoms with van der Waals surface area (Å²) in [5.41, 5.74) is 0.113. The van der Waals surface area contributed by atoms with Crippen molar-refractivity contribution < 1.29 is 13.2 Å². The van der Waals surface area contributed by atoms with Crippen LogP contribution in [0.2, 0.25) is 0 Å². The maximum absolute atomic E-state index is 12.1. The Morgan fingerprint density at radius 3 is 1.73 bits per heavy atom. The molecule has 0 saturated carbocycles. The maximum Gasteiger partial charge on any atom is 0.407 e. The average Bonchev–Trinajstić information content (AvgIpc) is 1.54. The van der Waals surface area contributed by atoms with Gasteiger partial charge in [0, 0.05) is 0 Å². The van der Waals surface area contributed by atoms with Crippen molar-refractivity contribution in [3.05, 3.63) is 12.2 Å². The zero-order chi connectivity index (χ0) is 9.23. The van der Waals surface area contributed by atoms with Gasteiger partial charge in [-0.2, -0.15) is 13.2 Å². The Morgan fingerprint density at radius 1 is 1.36 bits per heavy atom. The molecule has 0 spiro atoms. The van der Waals surface area contributed by atoms with Gasteiger partial charge in [0.1, 0.15) is 6.04 Å². The SMILES string of the molecule is C=C(C)C(N(C)C)C(F)(F)F. The van der Waals surface area contributed by atoms with Crippen LogP contribution in [-0.4, -0.2) is 31.2 Å². The van der Waals surface area contributed by atoms with E-state index in [4.69, 9.17) is 0 Å². The largest absolute Gasteiger partial charge is 0.407 e. The van der Waals surface area contributed by atoms with E-state index in [2.05, 4.69) is 6.58 Å². The first-order chi connectivity index (χ1) is 4.76. The molecule has 0 rings (SSSR count). The lowest BCUT2D eigenvalue weighted by Gasteiger charge is -2.26. The van der Waals surface area contributed by atoms with Crippen molar-refractivity contribution in [1.82, 2.24) is 4.90 Å². The number of hydrogen-bond acceptors (Lipinski definition) is 1. The van der Waals surface area contributed by atoms with Gasteiger partial charge in [0.25, 0.3) is 0 Å². The summed E-state index contributed by atoms with van der Waals surface area (Å²) in [5.74, 6) is 0. The minimum Gasteiger partial charge on any atom is -0.295 e. The number of halogens is 3. The molecule has 11 heavy (non-hydrogen) atoms. The van der Waals surface area contributed by atoms with Gasteiger partial charge in [0.15, 0.2) is 0 Å². The molecule has 0 aromatic rings. The summed E-state index contributed by atoms with van der Waals surface area (Å²) < 4.78 is 36.4. The van der Waals surface area contributed by atoms with Gasteiger partial charge in [0.2, 0.25) is 0 Å². The molecule has 1 atom stereocenters. The van der Waals surface area contributed by atoms with E-state index in [9.17, 15) is 13.2 Å². The van der Waals surface area contributed by atoms with Crippen LogP contribution >= 0.6 is 0 Å². The Balaban J connectivity index is 4.49. The third-order valence-corrected chi connectivity index (χ3v) is 1.29. The monoisotopic (exact) mass is 167 g/mol. The standard InChI is InChI=1S/C7H12F3N/c1-5(2)6(11(3)4)7(8,9)10/h6H,1H2,2-4H3. The van der Waals surface area contributed by atoms with Crippen LogP contribution in [0.1, 0.15) is 6.92 Å². The number of nitrogens with zero attached hydrogens (tertiary/aromatic N) is 1. The minimum absolute atomic E-state index is 0.113. The minimum atomic E-state index is -4.21. The molecule has 0 radical (unpaired) electrons. The molecular formula is C7H12F3N. The summed E-state index contributed by atoms with van der Waals surface area (Å²) in [4.78, 5) is 1.10. The quantitative estimate of drug-likeness (QED) is 0.569. The molecule has 0 bridgehead atoms. The molecule has 4 heteroatoms. The van der Waals surface area contributed by atoms with Crippen LogP contribution in [0.4, 0.5) is 13.2 Å². The summed E-state index contributed by atoms with van der Waals surface area (Å²) >= 11 is 0. The molecule has 0 amide bonds. The molecule has 0 aliphatic rings. The Bertz CT molecular complexity index is 148. The summed E-state index contributed by atoms with van der Waals surface area (Å²) in [5, 5.41) is 0. The normalized spacial score (nSPS) is 15.2. The van der Waals surface area contributed by atoms with Crippen LogP contribution in [0.5, 0.6) is 0 Å². The fourth-order valence-electron chi connectivity index (χ4n) is 1.01. The predicted molar refractivity (Wildman–Crippen MR) is 38.3 cm³/mol. The first-order valence-electron chi connectivity index (χ1n) is 3.15. The summed E-state index contributed by atoms with van der Waals surface area (Å²) in [6, 6.07) is -1.53. The second-order valence-corrected chi connectivity index (χ2v) is 2.75. The molecule has 66 valence electrons. The van der Waals surface area contributed by atoms with E-state index in [0.717, 1.165) is 4.90 Å². The van der Waals surface area contributed by atoms with Gasteiger partial charge in [-0.25, -0.2) is 0 Å². The Morgan fingerprint density at radius 2 is 1.73 bits per heavy atom. The lowest BCUT2D eigenvalue weighted by molar-refractivity contribution is -0.166. The number of alkyl halides is 3. The van der Waals surface area contributed by atoms with E-state index in [1.54, 1.807) is 0 Å². The fraction of sp³-hybridized carbons (Fsp3) is 0.714. The van der Waals surface area contributed by atoms with Gasteiger partial charge in [-0.3, -0.25) is 4.90 Å². The highest BCUT2D eigenvalue weighted by atomic mass is 19.4. The summed E-state index contributed by atoms with van der Waals surface area (Å²) in [6.45, 7) is 4.65. The second-order valence-electron chi connectivity index (χ2n) is 2.75. The average molecular weight is 167 g/mol. The van der Waals surface area contributed by atoms with Crippen LogP contribution in [-0.2, 0) is 0 Å². The van der Waals surface area contributed by atoms with Crippen LogP contribution < -0.4 is 0 Å². The lowest BCUT2D eigenvalue weighted by Crippen LogP contribution is -2.41. The predicted octanol–water partition coefficient (Wildman–Crippen LogP) is 2.06. The topological polar surface area (TPSA) is 3.24 Å². The van der Waals surface area contributed by atoms with Gasteiger partial charge in [-0.1, -0.05) is 12.2 Å². The first kappa shape index (κ1) is 10.5. The van der Waals surface area contributed by atoms with Crippen molar-refractivity contribution in [3.8, 4) is 0 Å². The van der Waals surface area contributed by atoms with Gasteiger partial charge in [-0.05, 0) is 21.0 Å². The second kappa shape index (κ2) is 3.26. The van der Waals surface area contributed by atoms with E-state index in [0.29, 0.717) is 0 Å². The van der Waals surface area contributed by atoms with Crippen molar-refractivity contribution in [3.63, 3.8) is 0 Å². The Kier molecular flexibility index (Phi) is 3.11. The molecule has 0 aromatic heterocycles. The van der Waals surface area contributed by atoms with E-state index in [1.165, 1.54) is 21.0 Å². The van der Waals surface area contributed by atoms with Crippen molar-refractivity contribution in [2.24, 2.45) is 0 Å². The molecule has 0 fully saturated rings. The molecule has 0 aliphatic heterocycles. The molecule has 0 heterocycles. The van der Waals surface area contributed by atoms with Crippen LogP contribution in [0, 0.1) is 0 Å².